The van der Waals surface area contributed by atoms with Gasteiger partial charge in [0.25, 0.3) is 0 Å². The fraction of sp³-hybridized carbons (Fsp3) is 0.625. The fourth-order valence-electron chi connectivity index (χ4n) is 2.98. The number of rotatable bonds is 4. The minimum atomic E-state index is -0.846. The minimum absolute atomic E-state index is 0.236. The second kappa shape index (κ2) is 6.59. The van der Waals surface area contributed by atoms with E-state index in [1.807, 2.05) is 31.3 Å². The Balaban J connectivity index is 2.07. The summed E-state index contributed by atoms with van der Waals surface area (Å²) in [6, 6.07) is 8.06. The molecule has 1 aromatic rings. The lowest BCUT2D eigenvalue weighted by molar-refractivity contribution is 0.216. The molecule has 0 spiro atoms. The Morgan fingerprint density at radius 2 is 2.00 bits per heavy atom. The molecular formula is C16H24ClNOS. The van der Waals surface area contributed by atoms with Crippen molar-refractivity contribution in [1.29, 1.82) is 0 Å². The third kappa shape index (κ3) is 4.06. The first-order valence-electron chi connectivity index (χ1n) is 7.20. The van der Waals surface area contributed by atoms with Gasteiger partial charge in [0.05, 0.1) is 5.25 Å². The molecule has 1 aliphatic carbocycles. The molecule has 112 valence electrons. The van der Waals surface area contributed by atoms with Gasteiger partial charge in [-0.05, 0) is 49.4 Å². The summed E-state index contributed by atoms with van der Waals surface area (Å²) in [6.07, 6.45) is 3.34. The summed E-state index contributed by atoms with van der Waals surface area (Å²) in [7, 11) is 1.14. The maximum absolute atomic E-state index is 12.7. The van der Waals surface area contributed by atoms with Gasteiger partial charge < -0.3 is 5.32 Å². The lowest BCUT2D eigenvalue weighted by Crippen LogP contribution is -2.47. The summed E-state index contributed by atoms with van der Waals surface area (Å²) >= 11 is 5.89. The van der Waals surface area contributed by atoms with E-state index in [0.717, 1.165) is 23.4 Å². The number of nitrogens with one attached hydrogen (secondary N) is 1. The molecule has 1 aromatic carbocycles. The first-order valence-corrected chi connectivity index (χ1v) is 8.96. The number of benzene rings is 1. The van der Waals surface area contributed by atoms with Gasteiger partial charge in [0.1, 0.15) is 0 Å². The quantitative estimate of drug-likeness (QED) is 0.917. The lowest BCUT2D eigenvalue weighted by Gasteiger charge is -2.40. The zero-order valence-corrected chi connectivity index (χ0v) is 14.1. The van der Waals surface area contributed by atoms with Gasteiger partial charge in [-0.15, -0.1) is 0 Å². The smallest absolute Gasteiger partial charge is 0.0509 e. The average molecular weight is 314 g/mol. The summed E-state index contributed by atoms with van der Waals surface area (Å²) in [5.74, 6) is 0.621. The normalized spacial score (nSPS) is 27.2. The minimum Gasteiger partial charge on any atom is -0.316 e. The van der Waals surface area contributed by atoms with Crippen molar-refractivity contribution >= 4 is 22.4 Å². The third-order valence-electron chi connectivity index (χ3n) is 4.27. The van der Waals surface area contributed by atoms with Gasteiger partial charge in [-0.1, -0.05) is 37.6 Å². The molecule has 0 aromatic heterocycles. The molecule has 1 N–H and O–H groups in total. The Morgan fingerprint density at radius 1 is 1.35 bits per heavy atom. The maximum atomic E-state index is 12.7. The SMILES string of the molecule is CNC1CCC(C)(C)CC1S(=O)Cc1ccc(Cl)cc1. The molecule has 1 aliphatic rings. The van der Waals surface area contributed by atoms with Gasteiger partial charge in [0.2, 0.25) is 0 Å². The largest absolute Gasteiger partial charge is 0.316 e. The fourth-order valence-corrected chi connectivity index (χ4v) is 5.12. The van der Waals surface area contributed by atoms with E-state index in [1.54, 1.807) is 0 Å². The van der Waals surface area contributed by atoms with E-state index in [2.05, 4.69) is 19.2 Å². The van der Waals surface area contributed by atoms with E-state index in [-0.39, 0.29) is 5.25 Å². The Labute approximate surface area is 129 Å². The molecule has 2 rings (SSSR count). The van der Waals surface area contributed by atoms with Crippen LogP contribution in [0, 0.1) is 5.41 Å². The monoisotopic (exact) mass is 313 g/mol. The Kier molecular flexibility index (Phi) is 5.27. The molecule has 1 fully saturated rings. The van der Waals surface area contributed by atoms with Crippen LogP contribution in [0.3, 0.4) is 0 Å². The molecule has 0 heterocycles. The van der Waals surface area contributed by atoms with Crippen LogP contribution < -0.4 is 5.32 Å². The highest BCUT2D eigenvalue weighted by Gasteiger charge is 2.37. The molecule has 0 saturated heterocycles. The van der Waals surface area contributed by atoms with Crippen LogP contribution in [0.2, 0.25) is 5.02 Å². The predicted octanol–water partition coefficient (Wildman–Crippen LogP) is 3.76. The molecule has 0 radical (unpaired) electrons. The Morgan fingerprint density at radius 3 is 2.60 bits per heavy atom. The predicted molar refractivity (Wildman–Crippen MR) is 87.6 cm³/mol. The molecule has 20 heavy (non-hydrogen) atoms. The third-order valence-corrected chi connectivity index (χ3v) is 6.31. The molecule has 3 atom stereocenters. The first kappa shape index (κ1) is 16.0. The molecule has 2 nitrogen and oxygen atoms in total. The van der Waals surface area contributed by atoms with Gasteiger partial charge in [-0.25, -0.2) is 0 Å². The van der Waals surface area contributed by atoms with Crippen LogP contribution in [0.1, 0.15) is 38.7 Å². The summed E-state index contributed by atoms with van der Waals surface area (Å²) < 4.78 is 12.7. The summed E-state index contributed by atoms with van der Waals surface area (Å²) in [5, 5.41) is 4.32. The van der Waals surface area contributed by atoms with E-state index >= 15 is 0 Å². The van der Waals surface area contributed by atoms with Crippen LogP contribution in [0.4, 0.5) is 0 Å². The van der Waals surface area contributed by atoms with Crippen molar-refractivity contribution in [3.8, 4) is 0 Å². The first-order chi connectivity index (χ1) is 9.41. The number of hydrogen-bond donors (Lipinski definition) is 1. The average Bonchev–Trinajstić information content (AvgIpc) is 2.40. The van der Waals surface area contributed by atoms with Crippen molar-refractivity contribution in [3.63, 3.8) is 0 Å². The highest BCUT2D eigenvalue weighted by atomic mass is 35.5. The Hall–Kier alpha value is -0.380. The lowest BCUT2D eigenvalue weighted by atomic mass is 9.75. The van der Waals surface area contributed by atoms with Crippen LogP contribution in [-0.4, -0.2) is 22.5 Å². The molecular weight excluding hydrogens is 290 g/mol. The zero-order chi connectivity index (χ0) is 14.8. The van der Waals surface area contributed by atoms with E-state index in [4.69, 9.17) is 11.6 Å². The molecule has 3 unspecified atom stereocenters. The van der Waals surface area contributed by atoms with Crippen molar-refractivity contribution in [2.24, 2.45) is 5.41 Å². The second-order valence-corrected chi connectivity index (χ2v) is 8.58. The zero-order valence-electron chi connectivity index (χ0n) is 12.5. The van der Waals surface area contributed by atoms with Crippen LogP contribution in [0.5, 0.6) is 0 Å². The summed E-state index contributed by atoms with van der Waals surface area (Å²) in [5.41, 5.74) is 1.40. The van der Waals surface area contributed by atoms with Crippen LogP contribution in [-0.2, 0) is 16.6 Å². The van der Waals surface area contributed by atoms with Gasteiger partial charge in [-0.2, -0.15) is 0 Å². The standard InChI is InChI=1S/C16H24ClNOS/c1-16(2)9-8-14(18-3)15(10-16)20(19)11-12-4-6-13(17)7-5-12/h4-7,14-15,18H,8-11H2,1-3H3. The van der Waals surface area contributed by atoms with E-state index < -0.39 is 10.8 Å². The van der Waals surface area contributed by atoms with Crippen LogP contribution >= 0.6 is 11.6 Å². The van der Waals surface area contributed by atoms with Crippen molar-refractivity contribution < 1.29 is 4.21 Å². The van der Waals surface area contributed by atoms with Crippen LogP contribution in [0.25, 0.3) is 0 Å². The van der Waals surface area contributed by atoms with Gasteiger partial charge >= 0.3 is 0 Å². The van der Waals surface area contributed by atoms with Gasteiger partial charge in [0.15, 0.2) is 0 Å². The van der Waals surface area contributed by atoms with E-state index in [9.17, 15) is 4.21 Å². The maximum Gasteiger partial charge on any atom is 0.0509 e. The number of hydrogen-bond acceptors (Lipinski definition) is 2. The highest BCUT2D eigenvalue weighted by molar-refractivity contribution is 7.84. The van der Waals surface area contributed by atoms with E-state index in [0.29, 0.717) is 17.2 Å². The Bertz CT molecular complexity index is 472. The molecule has 0 bridgehead atoms. The molecule has 0 aliphatic heterocycles. The summed E-state index contributed by atoms with van der Waals surface area (Å²) in [4.78, 5) is 0. The summed E-state index contributed by atoms with van der Waals surface area (Å²) in [6.45, 7) is 4.57. The second-order valence-electron chi connectivity index (χ2n) is 6.49. The van der Waals surface area contributed by atoms with Crippen molar-refractivity contribution in [2.45, 2.75) is 50.2 Å². The van der Waals surface area contributed by atoms with Gasteiger partial charge in [0, 0.05) is 27.6 Å². The molecule has 0 amide bonds. The van der Waals surface area contributed by atoms with Crippen LogP contribution in [0.15, 0.2) is 24.3 Å². The molecule has 1 saturated carbocycles. The molecule has 4 heteroatoms. The number of halogens is 1. The highest BCUT2D eigenvalue weighted by Crippen LogP contribution is 2.38. The van der Waals surface area contributed by atoms with Crippen molar-refractivity contribution in [2.75, 3.05) is 7.05 Å². The van der Waals surface area contributed by atoms with E-state index in [1.165, 1.54) is 6.42 Å². The van der Waals surface area contributed by atoms with Gasteiger partial charge in [-0.3, -0.25) is 4.21 Å². The van der Waals surface area contributed by atoms with Crippen molar-refractivity contribution in [3.05, 3.63) is 34.9 Å². The van der Waals surface area contributed by atoms with Crippen molar-refractivity contribution in [1.82, 2.24) is 5.32 Å². The topological polar surface area (TPSA) is 29.1 Å².